The molecule has 3 heteroatoms. The number of Topliss-reactive ketones (excluding diaryl/α,β-unsaturated/α-hetero) is 1. The second-order valence-electron chi connectivity index (χ2n) is 5.94. The minimum absolute atomic E-state index is 0.0444. The highest BCUT2D eigenvalue weighted by Crippen LogP contribution is 2.30. The van der Waals surface area contributed by atoms with Gasteiger partial charge in [-0.2, -0.15) is 0 Å². The number of nitrogens with two attached hydrogens (primary N) is 1. The van der Waals surface area contributed by atoms with Gasteiger partial charge in [-0.15, -0.1) is 0 Å². The summed E-state index contributed by atoms with van der Waals surface area (Å²) >= 11 is 0. The van der Waals surface area contributed by atoms with E-state index in [9.17, 15) is 4.79 Å². The van der Waals surface area contributed by atoms with Crippen molar-refractivity contribution in [2.24, 2.45) is 11.7 Å². The Morgan fingerprint density at radius 3 is 2.95 bits per heavy atom. The normalized spacial score (nSPS) is 19.0. The third-order valence-electron chi connectivity index (χ3n) is 4.49. The van der Waals surface area contributed by atoms with Crippen LogP contribution in [0.15, 0.2) is 24.3 Å². The molecule has 1 aromatic carbocycles. The quantitative estimate of drug-likeness (QED) is 0.798. The van der Waals surface area contributed by atoms with Crippen LogP contribution in [0, 0.1) is 5.92 Å². The molecule has 0 fully saturated rings. The van der Waals surface area contributed by atoms with Crippen LogP contribution in [0.4, 0.5) is 0 Å². The van der Waals surface area contributed by atoms with Crippen LogP contribution in [0.25, 0.3) is 0 Å². The molecule has 0 aliphatic carbocycles. The average molecular weight is 289 g/mol. The summed E-state index contributed by atoms with van der Waals surface area (Å²) in [4.78, 5) is 12.2. The Bertz CT molecular complexity index is 458. The number of hydrogen-bond donors (Lipinski definition) is 1. The van der Waals surface area contributed by atoms with Gasteiger partial charge < -0.3 is 10.5 Å². The van der Waals surface area contributed by atoms with Crippen LogP contribution in [0.1, 0.15) is 56.3 Å². The Kier molecular flexibility index (Phi) is 6.40. The first kappa shape index (κ1) is 16.2. The number of carbonyl (C=O) groups is 1. The van der Waals surface area contributed by atoms with Crippen molar-refractivity contribution in [1.29, 1.82) is 0 Å². The van der Waals surface area contributed by atoms with E-state index in [1.165, 1.54) is 11.1 Å². The predicted molar refractivity (Wildman–Crippen MR) is 85.1 cm³/mol. The Morgan fingerprint density at radius 2 is 2.19 bits per heavy atom. The maximum absolute atomic E-state index is 12.2. The molecule has 1 aromatic rings. The molecular formula is C18H27NO2. The van der Waals surface area contributed by atoms with Crippen LogP contribution in [0.3, 0.4) is 0 Å². The van der Waals surface area contributed by atoms with Crippen molar-refractivity contribution in [1.82, 2.24) is 0 Å². The van der Waals surface area contributed by atoms with Crippen molar-refractivity contribution in [3.8, 4) is 0 Å². The number of carbonyl (C=O) groups excluding carboxylic acids is 1. The first-order chi connectivity index (χ1) is 10.2. The second kappa shape index (κ2) is 8.30. The topological polar surface area (TPSA) is 52.3 Å². The molecule has 0 aromatic heterocycles. The van der Waals surface area contributed by atoms with E-state index in [-0.39, 0.29) is 6.10 Å². The molecule has 0 radical (unpaired) electrons. The molecule has 0 saturated carbocycles. The van der Waals surface area contributed by atoms with Gasteiger partial charge in [-0.1, -0.05) is 37.6 Å². The van der Waals surface area contributed by atoms with Gasteiger partial charge in [-0.3, -0.25) is 4.79 Å². The van der Waals surface area contributed by atoms with Gasteiger partial charge in [0.25, 0.3) is 0 Å². The van der Waals surface area contributed by atoms with E-state index in [2.05, 4.69) is 25.1 Å². The number of hydrogen-bond acceptors (Lipinski definition) is 3. The average Bonchev–Trinajstić information content (AvgIpc) is 2.52. The van der Waals surface area contributed by atoms with Gasteiger partial charge >= 0.3 is 0 Å². The third kappa shape index (κ3) is 4.65. The fourth-order valence-electron chi connectivity index (χ4n) is 3.11. The number of ketones is 1. The van der Waals surface area contributed by atoms with E-state index in [4.69, 9.17) is 10.5 Å². The van der Waals surface area contributed by atoms with E-state index in [1.807, 2.05) is 6.07 Å². The second-order valence-corrected chi connectivity index (χ2v) is 5.94. The summed E-state index contributed by atoms with van der Waals surface area (Å²) in [6.07, 6.45) is 5.16. The van der Waals surface area contributed by atoms with Crippen LogP contribution in [-0.2, 0) is 16.0 Å². The molecule has 2 atom stereocenters. The summed E-state index contributed by atoms with van der Waals surface area (Å²) in [5, 5.41) is 0. The summed E-state index contributed by atoms with van der Waals surface area (Å²) in [5.41, 5.74) is 8.14. The lowest BCUT2D eigenvalue weighted by molar-refractivity contribution is -0.122. The zero-order chi connectivity index (χ0) is 15.1. The number of fused-ring (bicyclic) bond motifs is 1. The highest BCUT2D eigenvalue weighted by atomic mass is 16.5. The number of benzene rings is 1. The van der Waals surface area contributed by atoms with E-state index >= 15 is 0 Å². The maximum Gasteiger partial charge on any atom is 0.135 e. The molecule has 2 rings (SSSR count). The zero-order valence-corrected chi connectivity index (χ0v) is 13.0. The van der Waals surface area contributed by atoms with Gasteiger partial charge in [0, 0.05) is 12.8 Å². The minimum atomic E-state index is -0.0444. The van der Waals surface area contributed by atoms with Gasteiger partial charge in [0.05, 0.1) is 12.7 Å². The summed E-state index contributed by atoms with van der Waals surface area (Å²) in [5.74, 6) is 0.894. The monoisotopic (exact) mass is 289 g/mol. The lowest BCUT2D eigenvalue weighted by Crippen LogP contribution is -2.19. The zero-order valence-electron chi connectivity index (χ0n) is 13.0. The van der Waals surface area contributed by atoms with Crippen molar-refractivity contribution in [2.45, 2.75) is 51.6 Å². The molecular weight excluding hydrogens is 262 g/mol. The summed E-state index contributed by atoms with van der Waals surface area (Å²) in [7, 11) is 0. The molecule has 1 aliphatic heterocycles. The Hall–Kier alpha value is -1.19. The van der Waals surface area contributed by atoms with Crippen molar-refractivity contribution >= 4 is 5.78 Å². The number of ether oxygens (including phenoxy) is 1. The van der Waals surface area contributed by atoms with E-state index in [0.717, 1.165) is 32.3 Å². The SMILES string of the molecule is CCC(CCN)CCC(=O)CC1OCCc2ccccc21. The predicted octanol–water partition coefficient (Wildman–Crippen LogP) is 3.41. The Labute approximate surface area is 127 Å². The molecule has 2 unspecified atom stereocenters. The molecule has 2 N–H and O–H groups in total. The molecule has 0 bridgehead atoms. The molecule has 1 aliphatic rings. The van der Waals surface area contributed by atoms with Crippen LogP contribution >= 0.6 is 0 Å². The van der Waals surface area contributed by atoms with E-state index < -0.39 is 0 Å². The minimum Gasteiger partial charge on any atom is -0.373 e. The fourth-order valence-corrected chi connectivity index (χ4v) is 3.11. The molecule has 0 saturated heterocycles. The molecule has 21 heavy (non-hydrogen) atoms. The van der Waals surface area contributed by atoms with Gasteiger partial charge in [0.15, 0.2) is 0 Å². The van der Waals surface area contributed by atoms with E-state index in [0.29, 0.717) is 31.1 Å². The summed E-state index contributed by atoms with van der Waals surface area (Å²) in [6, 6.07) is 8.32. The van der Waals surface area contributed by atoms with Crippen LogP contribution < -0.4 is 5.73 Å². The standard InChI is InChI=1S/C18H27NO2/c1-2-14(9-11-19)7-8-16(20)13-18-17-6-4-3-5-15(17)10-12-21-18/h3-6,14,18H,2,7-13,19H2,1H3. The number of rotatable bonds is 8. The first-order valence-corrected chi connectivity index (χ1v) is 8.15. The lowest BCUT2D eigenvalue weighted by Gasteiger charge is -2.25. The Morgan fingerprint density at radius 1 is 1.38 bits per heavy atom. The van der Waals surface area contributed by atoms with Crippen molar-refractivity contribution < 1.29 is 9.53 Å². The summed E-state index contributed by atoms with van der Waals surface area (Å²) in [6.45, 7) is 3.61. The summed E-state index contributed by atoms with van der Waals surface area (Å²) < 4.78 is 5.81. The molecule has 0 spiro atoms. The van der Waals surface area contributed by atoms with Gasteiger partial charge in [0.2, 0.25) is 0 Å². The Balaban J connectivity index is 1.86. The van der Waals surface area contributed by atoms with Gasteiger partial charge in [-0.25, -0.2) is 0 Å². The highest BCUT2D eigenvalue weighted by molar-refractivity contribution is 5.79. The fraction of sp³-hybridized carbons (Fsp3) is 0.611. The van der Waals surface area contributed by atoms with Crippen molar-refractivity contribution in [3.05, 3.63) is 35.4 Å². The molecule has 1 heterocycles. The van der Waals surface area contributed by atoms with Gasteiger partial charge in [0.1, 0.15) is 5.78 Å². The van der Waals surface area contributed by atoms with Crippen LogP contribution in [-0.4, -0.2) is 18.9 Å². The van der Waals surface area contributed by atoms with Crippen molar-refractivity contribution in [3.63, 3.8) is 0 Å². The smallest absolute Gasteiger partial charge is 0.135 e. The highest BCUT2D eigenvalue weighted by Gasteiger charge is 2.23. The molecule has 3 nitrogen and oxygen atoms in total. The van der Waals surface area contributed by atoms with Crippen LogP contribution in [0.2, 0.25) is 0 Å². The molecule has 0 amide bonds. The van der Waals surface area contributed by atoms with Gasteiger partial charge in [-0.05, 0) is 42.9 Å². The van der Waals surface area contributed by atoms with Crippen LogP contribution in [0.5, 0.6) is 0 Å². The molecule has 116 valence electrons. The van der Waals surface area contributed by atoms with E-state index in [1.54, 1.807) is 0 Å². The largest absolute Gasteiger partial charge is 0.373 e. The van der Waals surface area contributed by atoms with Crippen molar-refractivity contribution in [2.75, 3.05) is 13.2 Å². The first-order valence-electron chi connectivity index (χ1n) is 8.15. The third-order valence-corrected chi connectivity index (χ3v) is 4.49. The maximum atomic E-state index is 12.2. The lowest BCUT2D eigenvalue weighted by atomic mass is 9.91.